The topological polar surface area (TPSA) is 38.3 Å². The van der Waals surface area contributed by atoms with Gasteiger partial charge in [-0.1, -0.05) is 44.7 Å². The Morgan fingerprint density at radius 1 is 1.45 bits per heavy atom. The lowest BCUT2D eigenvalue weighted by molar-refractivity contribution is -0.151. The maximum Gasteiger partial charge on any atom is 0.307 e. The van der Waals surface area contributed by atoms with Crippen LogP contribution in [0.1, 0.15) is 39.0 Å². The fourth-order valence-electron chi connectivity index (χ4n) is 2.74. The molecule has 0 radical (unpaired) electrons. The van der Waals surface area contributed by atoms with E-state index < -0.39 is 0 Å². The van der Waals surface area contributed by atoms with E-state index in [1.165, 1.54) is 6.42 Å². The Labute approximate surface area is 122 Å². The number of allylic oxidation sites excluding steroid dienone is 2. The molecule has 3 unspecified atom stereocenters. The molecule has 0 saturated heterocycles. The fourth-order valence-corrected chi connectivity index (χ4v) is 2.74. The van der Waals surface area contributed by atoms with E-state index in [0.717, 1.165) is 24.8 Å². The quantitative estimate of drug-likeness (QED) is 0.572. The molecule has 0 heterocycles. The van der Waals surface area contributed by atoms with Crippen molar-refractivity contribution >= 4 is 5.97 Å². The zero-order chi connectivity index (χ0) is 15.0. The van der Waals surface area contributed by atoms with E-state index in [0.29, 0.717) is 12.3 Å². The summed E-state index contributed by atoms with van der Waals surface area (Å²) in [5.41, 5.74) is 0.955. The smallest absolute Gasteiger partial charge is 0.307 e. The predicted octanol–water partition coefficient (Wildman–Crippen LogP) is 3.38. The molecule has 1 N–H and O–H groups in total. The van der Waals surface area contributed by atoms with Crippen molar-refractivity contribution in [1.29, 1.82) is 0 Å². The normalized spacial score (nSPS) is 24.8. The average Bonchev–Trinajstić information content (AvgIpc) is 2.42. The highest BCUT2D eigenvalue weighted by molar-refractivity contribution is 5.71. The fraction of sp³-hybridized carbons (Fsp3) is 0.588. The van der Waals surface area contributed by atoms with Crippen molar-refractivity contribution in [3.63, 3.8) is 0 Å². The van der Waals surface area contributed by atoms with Gasteiger partial charge in [-0.25, -0.2) is 0 Å². The lowest BCUT2D eigenvalue weighted by atomic mass is 9.89. The first-order chi connectivity index (χ1) is 9.60. The van der Waals surface area contributed by atoms with E-state index in [1.807, 2.05) is 13.1 Å². The average molecular weight is 277 g/mol. The van der Waals surface area contributed by atoms with Gasteiger partial charge >= 0.3 is 5.97 Å². The van der Waals surface area contributed by atoms with Crippen molar-refractivity contribution in [2.45, 2.75) is 51.2 Å². The molecule has 1 rings (SSSR count). The van der Waals surface area contributed by atoms with Crippen LogP contribution in [-0.4, -0.2) is 25.2 Å². The minimum Gasteiger partial charge on any atom is -0.462 e. The van der Waals surface area contributed by atoms with Crippen LogP contribution in [0.4, 0.5) is 0 Å². The number of nitrogens with one attached hydrogen (secondary N) is 1. The highest BCUT2D eigenvalue weighted by atomic mass is 16.5. The lowest BCUT2D eigenvalue weighted by Crippen LogP contribution is -2.32. The largest absolute Gasteiger partial charge is 0.462 e. The molecule has 0 aromatic rings. The molecule has 0 spiro atoms. The summed E-state index contributed by atoms with van der Waals surface area (Å²) in [4.78, 5) is 12.1. The Morgan fingerprint density at radius 2 is 2.20 bits per heavy atom. The van der Waals surface area contributed by atoms with E-state index in [4.69, 9.17) is 4.74 Å². The van der Waals surface area contributed by atoms with Crippen molar-refractivity contribution in [1.82, 2.24) is 5.32 Å². The summed E-state index contributed by atoms with van der Waals surface area (Å²) >= 11 is 0. The molecule has 0 aliphatic heterocycles. The zero-order valence-electron chi connectivity index (χ0n) is 12.7. The van der Waals surface area contributed by atoms with Crippen LogP contribution in [0.3, 0.4) is 0 Å². The third kappa shape index (κ3) is 5.33. The SMILES string of the molecule is C=C/C=C(\C=C)C(CC(=O)OC1CCCC(C)C1)NC. The molecule has 1 saturated carbocycles. The van der Waals surface area contributed by atoms with Gasteiger partial charge in [-0.2, -0.15) is 0 Å². The van der Waals surface area contributed by atoms with Crippen molar-refractivity contribution in [3.8, 4) is 0 Å². The van der Waals surface area contributed by atoms with Crippen LogP contribution in [-0.2, 0) is 9.53 Å². The molecule has 20 heavy (non-hydrogen) atoms. The van der Waals surface area contributed by atoms with Gasteiger partial charge in [-0.05, 0) is 37.8 Å². The van der Waals surface area contributed by atoms with Crippen LogP contribution in [0.2, 0.25) is 0 Å². The molecule has 3 atom stereocenters. The summed E-state index contributed by atoms with van der Waals surface area (Å²) in [7, 11) is 1.83. The minimum absolute atomic E-state index is 0.0704. The van der Waals surface area contributed by atoms with Gasteiger partial charge in [0.1, 0.15) is 6.10 Å². The number of ether oxygens (including phenoxy) is 1. The van der Waals surface area contributed by atoms with Crippen LogP contribution in [0.5, 0.6) is 0 Å². The molecule has 3 heteroatoms. The summed E-state index contributed by atoms with van der Waals surface area (Å²) in [6.07, 6.45) is 10.1. The highest BCUT2D eigenvalue weighted by Gasteiger charge is 2.23. The van der Waals surface area contributed by atoms with Crippen LogP contribution in [0.15, 0.2) is 37.0 Å². The van der Waals surface area contributed by atoms with Crippen LogP contribution < -0.4 is 5.32 Å². The highest BCUT2D eigenvalue weighted by Crippen LogP contribution is 2.26. The summed E-state index contributed by atoms with van der Waals surface area (Å²) in [5.74, 6) is 0.520. The van der Waals surface area contributed by atoms with Crippen molar-refractivity contribution < 1.29 is 9.53 Å². The lowest BCUT2D eigenvalue weighted by Gasteiger charge is -2.27. The Morgan fingerprint density at radius 3 is 2.75 bits per heavy atom. The van der Waals surface area contributed by atoms with Gasteiger partial charge in [-0.3, -0.25) is 4.79 Å². The van der Waals surface area contributed by atoms with Gasteiger partial charge in [0.25, 0.3) is 0 Å². The molecule has 0 amide bonds. The van der Waals surface area contributed by atoms with E-state index >= 15 is 0 Å². The number of hydrogen-bond donors (Lipinski definition) is 1. The molecular formula is C17H27NO2. The number of likely N-dealkylation sites (N-methyl/N-ethyl adjacent to an activating group) is 1. The molecule has 0 aromatic heterocycles. The summed E-state index contributed by atoms with van der Waals surface area (Å²) in [6, 6.07) is -0.0704. The standard InChI is InChI=1S/C17H27NO2/c1-5-8-14(6-2)16(18-4)12-17(19)20-15-10-7-9-13(3)11-15/h5-6,8,13,15-16,18H,1-2,7,9-12H2,3-4H3/b14-8+. The van der Waals surface area contributed by atoms with Crippen LogP contribution in [0.25, 0.3) is 0 Å². The molecule has 1 aliphatic rings. The monoisotopic (exact) mass is 277 g/mol. The maximum atomic E-state index is 12.1. The van der Waals surface area contributed by atoms with Crippen LogP contribution >= 0.6 is 0 Å². The number of carbonyl (C=O) groups is 1. The van der Waals surface area contributed by atoms with Gasteiger partial charge in [0.2, 0.25) is 0 Å². The van der Waals surface area contributed by atoms with E-state index in [9.17, 15) is 4.79 Å². The molecule has 0 aromatic carbocycles. The summed E-state index contributed by atoms with van der Waals surface area (Å²) in [6.45, 7) is 9.67. The second kappa shape index (κ2) is 8.75. The maximum absolute atomic E-state index is 12.1. The third-order valence-electron chi connectivity index (χ3n) is 3.85. The molecule has 0 bridgehead atoms. The Balaban J connectivity index is 2.52. The van der Waals surface area contributed by atoms with Gasteiger partial charge in [0.15, 0.2) is 0 Å². The molecule has 3 nitrogen and oxygen atoms in total. The van der Waals surface area contributed by atoms with Crippen molar-refractivity contribution in [3.05, 3.63) is 37.0 Å². The third-order valence-corrected chi connectivity index (χ3v) is 3.85. The number of esters is 1. The molecule has 1 aliphatic carbocycles. The van der Waals surface area contributed by atoms with Gasteiger partial charge < -0.3 is 10.1 Å². The molecule has 1 fully saturated rings. The number of hydrogen-bond acceptors (Lipinski definition) is 3. The van der Waals surface area contributed by atoms with Crippen molar-refractivity contribution in [2.75, 3.05) is 7.05 Å². The minimum atomic E-state index is -0.139. The molecular weight excluding hydrogens is 250 g/mol. The predicted molar refractivity (Wildman–Crippen MR) is 83.5 cm³/mol. The Kier molecular flexibility index (Phi) is 7.31. The van der Waals surface area contributed by atoms with E-state index in [-0.39, 0.29) is 18.1 Å². The van der Waals surface area contributed by atoms with Crippen LogP contribution in [0, 0.1) is 5.92 Å². The summed E-state index contributed by atoms with van der Waals surface area (Å²) < 4.78 is 5.60. The van der Waals surface area contributed by atoms with Gasteiger partial charge in [-0.15, -0.1) is 0 Å². The van der Waals surface area contributed by atoms with Crippen molar-refractivity contribution in [2.24, 2.45) is 5.92 Å². The first-order valence-corrected chi connectivity index (χ1v) is 7.42. The van der Waals surface area contributed by atoms with Gasteiger partial charge in [0, 0.05) is 6.04 Å². The number of rotatable bonds is 7. The van der Waals surface area contributed by atoms with E-state index in [2.05, 4.69) is 25.4 Å². The Hall–Kier alpha value is -1.35. The zero-order valence-corrected chi connectivity index (χ0v) is 12.7. The summed E-state index contributed by atoms with van der Waals surface area (Å²) in [5, 5.41) is 3.13. The Bertz CT molecular complexity index is 373. The first kappa shape index (κ1) is 16.7. The first-order valence-electron chi connectivity index (χ1n) is 7.42. The molecule has 112 valence electrons. The van der Waals surface area contributed by atoms with Gasteiger partial charge in [0.05, 0.1) is 6.42 Å². The van der Waals surface area contributed by atoms with E-state index in [1.54, 1.807) is 12.2 Å². The number of carbonyl (C=O) groups excluding carboxylic acids is 1. The second-order valence-corrected chi connectivity index (χ2v) is 5.54. The second-order valence-electron chi connectivity index (χ2n) is 5.54.